The van der Waals surface area contributed by atoms with Gasteiger partial charge < -0.3 is 19.2 Å². The Morgan fingerprint density at radius 2 is 1.71 bits per heavy atom. The number of benzene rings is 3. The van der Waals surface area contributed by atoms with Crippen LogP contribution in [0, 0.1) is 6.92 Å². The molecule has 34 heavy (non-hydrogen) atoms. The number of hydrogen-bond acceptors (Lipinski definition) is 8. The molecular weight excluding hydrogens is 456 g/mol. The maximum Gasteiger partial charge on any atom is 0.297 e. The fourth-order valence-corrected chi connectivity index (χ4v) is 4.15. The first-order chi connectivity index (χ1) is 16.2. The lowest BCUT2D eigenvalue weighted by atomic mass is 10.2. The fourth-order valence-electron chi connectivity index (χ4n) is 3.20. The van der Waals surface area contributed by atoms with Crippen molar-refractivity contribution in [3.05, 3.63) is 72.3 Å². The highest BCUT2D eigenvalue weighted by Gasteiger charge is 2.18. The van der Waals surface area contributed by atoms with Gasteiger partial charge in [0.15, 0.2) is 5.58 Å². The zero-order valence-electron chi connectivity index (χ0n) is 19.1. The van der Waals surface area contributed by atoms with Crippen LogP contribution < -0.4 is 9.64 Å². The molecule has 0 radical (unpaired) electrons. The van der Waals surface area contributed by atoms with Crippen molar-refractivity contribution in [3.8, 4) is 17.2 Å². The predicted molar refractivity (Wildman–Crippen MR) is 130 cm³/mol. The predicted octanol–water partition coefficient (Wildman–Crippen LogP) is 4.01. The van der Waals surface area contributed by atoms with E-state index in [-0.39, 0.29) is 11.5 Å². The molecular formula is C25H26N2O6S. The Labute approximate surface area is 198 Å². The first-order valence-electron chi connectivity index (χ1n) is 10.7. The van der Waals surface area contributed by atoms with Gasteiger partial charge in [-0.05, 0) is 55.5 Å². The summed E-state index contributed by atoms with van der Waals surface area (Å²) >= 11 is 0. The lowest BCUT2D eigenvalue weighted by Crippen LogP contribution is -2.25. The lowest BCUT2D eigenvalue weighted by molar-refractivity contribution is 0.0649. The minimum absolute atomic E-state index is 0.0369. The van der Waals surface area contributed by atoms with Crippen LogP contribution in [0.4, 0.5) is 5.69 Å². The topological polar surface area (TPSA) is 102 Å². The summed E-state index contributed by atoms with van der Waals surface area (Å²) in [6.45, 7) is 1.29. The molecule has 4 aromatic rings. The normalized spacial score (nSPS) is 12.6. The largest absolute Gasteiger partial charge is 0.491 e. The second-order valence-corrected chi connectivity index (χ2v) is 9.72. The number of anilines is 1. The van der Waals surface area contributed by atoms with Crippen LogP contribution in [0.2, 0.25) is 0 Å². The van der Waals surface area contributed by atoms with Crippen molar-refractivity contribution in [2.75, 3.05) is 32.2 Å². The molecule has 1 aromatic heterocycles. The molecule has 0 saturated heterocycles. The number of rotatable bonds is 9. The fraction of sp³-hybridized carbons (Fsp3) is 0.240. The van der Waals surface area contributed by atoms with Crippen molar-refractivity contribution in [3.63, 3.8) is 0 Å². The van der Waals surface area contributed by atoms with Crippen LogP contribution >= 0.6 is 0 Å². The van der Waals surface area contributed by atoms with Crippen LogP contribution in [0.5, 0.6) is 5.75 Å². The van der Waals surface area contributed by atoms with E-state index in [0.29, 0.717) is 22.7 Å². The van der Waals surface area contributed by atoms with Crippen molar-refractivity contribution < 1.29 is 26.9 Å². The zero-order chi connectivity index (χ0) is 24.3. The first kappa shape index (κ1) is 23.7. The molecule has 4 rings (SSSR count). The summed E-state index contributed by atoms with van der Waals surface area (Å²) in [5.41, 5.74) is 4.08. The van der Waals surface area contributed by atoms with E-state index < -0.39 is 22.8 Å². The van der Waals surface area contributed by atoms with Crippen LogP contribution in [0.3, 0.4) is 0 Å². The Balaban J connectivity index is 1.36. The Kier molecular flexibility index (Phi) is 6.87. The number of ether oxygens (including phenoxy) is 1. The van der Waals surface area contributed by atoms with Gasteiger partial charge >= 0.3 is 0 Å². The van der Waals surface area contributed by atoms with Gasteiger partial charge in [-0.2, -0.15) is 8.42 Å². The van der Waals surface area contributed by atoms with Crippen molar-refractivity contribution >= 4 is 26.9 Å². The highest BCUT2D eigenvalue weighted by Crippen LogP contribution is 2.28. The van der Waals surface area contributed by atoms with Gasteiger partial charge in [0.05, 0.1) is 11.5 Å². The standard InChI is InChI=1S/C25H26N2O6S/c1-17-4-11-22(12-5-17)34(29,30)32-16-20(28)15-31-21-10-13-24-23(14-21)26-25(33-24)18-6-8-19(9-7-18)27(2)3/h4-14,20,28H,15-16H2,1-3H3/t20-/m1/s1. The van der Waals surface area contributed by atoms with Gasteiger partial charge in [0.2, 0.25) is 5.89 Å². The van der Waals surface area contributed by atoms with Gasteiger partial charge in [-0.3, -0.25) is 4.18 Å². The van der Waals surface area contributed by atoms with Gasteiger partial charge in [-0.25, -0.2) is 4.98 Å². The number of aliphatic hydroxyl groups is 1. The highest BCUT2D eigenvalue weighted by atomic mass is 32.2. The van der Waals surface area contributed by atoms with Crippen molar-refractivity contribution in [2.24, 2.45) is 0 Å². The quantitative estimate of drug-likeness (QED) is 0.357. The third kappa shape index (κ3) is 5.56. The third-order valence-electron chi connectivity index (χ3n) is 5.16. The molecule has 0 saturated carbocycles. The summed E-state index contributed by atoms with van der Waals surface area (Å²) in [6.07, 6.45) is -1.14. The number of aryl methyl sites for hydroxylation is 1. The Hall–Kier alpha value is -3.40. The minimum atomic E-state index is -3.96. The number of aliphatic hydroxyl groups excluding tert-OH is 1. The van der Waals surface area contributed by atoms with E-state index in [0.717, 1.165) is 16.8 Å². The molecule has 0 aliphatic carbocycles. The molecule has 9 heteroatoms. The first-order valence-corrected chi connectivity index (χ1v) is 12.1. The molecule has 1 atom stereocenters. The van der Waals surface area contributed by atoms with E-state index in [4.69, 9.17) is 13.3 Å². The summed E-state index contributed by atoms with van der Waals surface area (Å²) in [7, 11) is -0.00725. The Bertz CT molecular complexity index is 1360. The number of nitrogens with zero attached hydrogens (tertiary/aromatic N) is 2. The van der Waals surface area contributed by atoms with E-state index in [1.54, 1.807) is 30.3 Å². The van der Waals surface area contributed by atoms with E-state index in [1.165, 1.54) is 12.1 Å². The molecule has 0 spiro atoms. The van der Waals surface area contributed by atoms with E-state index in [1.807, 2.05) is 50.2 Å². The maximum atomic E-state index is 12.2. The monoisotopic (exact) mass is 482 g/mol. The third-order valence-corrected chi connectivity index (χ3v) is 6.45. The molecule has 0 bridgehead atoms. The summed E-state index contributed by atoms with van der Waals surface area (Å²) in [6, 6.07) is 19.3. The van der Waals surface area contributed by atoms with Crippen LogP contribution in [0.15, 0.2) is 76.0 Å². The van der Waals surface area contributed by atoms with Gasteiger partial charge in [0.25, 0.3) is 10.1 Å². The Morgan fingerprint density at radius 3 is 2.38 bits per heavy atom. The van der Waals surface area contributed by atoms with E-state index in [2.05, 4.69) is 4.98 Å². The summed E-state index contributed by atoms with van der Waals surface area (Å²) in [5.74, 6) is 0.961. The van der Waals surface area contributed by atoms with Crippen molar-refractivity contribution in [1.29, 1.82) is 0 Å². The number of aromatic nitrogens is 1. The molecule has 1 heterocycles. The van der Waals surface area contributed by atoms with Gasteiger partial charge in [-0.1, -0.05) is 17.7 Å². The molecule has 0 aliphatic rings. The molecule has 3 aromatic carbocycles. The molecule has 1 N–H and O–H groups in total. The van der Waals surface area contributed by atoms with Crippen LogP contribution in [0.25, 0.3) is 22.6 Å². The molecule has 0 aliphatic heterocycles. The summed E-state index contributed by atoms with van der Waals surface area (Å²) in [5, 5.41) is 10.1. The van der Waals surface area contributed by atoms with Gasteiger partial charge in [0.1, 0.15) is 24.0 Å². The minimum Gasteiger partial charge on any atom is -0.491 e. The molecule has 8 nitrogen and oxygen atoms in total. The smallest absolute Gasteiger partial charge is 0.297 e. The van der Waals surface area contributed by atoms with Crippen LogP contribution in [-0.2, 0) is 14.3 Å². The van der Waals surface area contributed by atoms with Gasteiger partial charge in [0, 0.05) is 31.4 Å². The second-order valence-electron chi connectivity index (χ2n) is 8.11. The Morgan fingerprint density at radius 1 is 1.00 bits per heavy atom. The average molecular weight is 483 g/mol. The van der Waals surface area contributed by atoms with Crippen molar-refractivity contribution in [2.45, 2.75) is 17.9 Å². The van der Waals surface area contributed by atoms with Crippen LogP contribution in [0.1, 0.15) is 5.56 Å². The SMILES string of the molecule is Cc1ccc(S(=O)(=O)OC[C@H](O)COc2ccc3oc(-c4ccc(N(C)C)cc4)nc3c2)cc1. The lowest BCUT2D eigenvalue weighted by Gasteiger charge is -2.13. The highest BCUT2D eigenvalue weighted by molar-refractivity contribution is 7.86. The molecule has 0 amide bonds. The van der Waals surface area contributed by atoms with Crippen molar-refractivity contribution in [1.82, 2.24) is 4.98 Å². The number of hydrogen-bond donors (Lipinski definition) is 1. The van der Waals surface area contributed by atoms with Gasteiger partial charge in [-0.15, -0.1) is 0 Å². The summed E-state index contributed by atoms with van der Waals surface area (Å²) < 4.78 is 40.9. The number of fused-ring (bicyclic) bond motifs is 1. The van der Waals surface area contributed by atoms with E-state index >= 15 is 0 Å². The molecule has 178 valence electrons. The van der Waals surface area contributed by atoms with E-state index in [9.17, 15) is 13.5 Å². The maximum absolute atomic E-state index is 12.2. The number of oxazole rings is 1. The molecule has 0 fully saturated rings. The second kappa shape index (κ2) is 9.84. The summed E-state index contributed by atoms with van der Waals surface area (Å²) in [4.78, 5) is 6.57. The molecule has 0 unspecified atom stereocenters. The average Bonchev–Trinajstić information content (AvgIpc) is 3.25. The zero-order valence-corrected chi connectivity index (χ0v) is 20.0. The van der Waals surface area contributed by atoms with Crippen LogP contribution in [-0.4, -0.2) is 51.9 Å².